The van der Waals surface area contributed by atoms with Crippen LogP contribution in [0.5, 0.6) is 0 Å². The number of nitrogens with zero attached hydrogens (tertiary/aromatic N) is 2. The second kappa shape index (κ2) is 5.07. The van der Waals surface area contributed by atoms with Crippen LogP contribution in [0.2, 0.25) is 0 Å². The number of hydrogen-bond acceptors (Lipinski definition) is 4. The molecule has 1 aromatic carbocycles. The van der Waals surface area contributed by atoms with Crippen LogP contribution in [0.1, 0.15) is 12.0 Å². The monoisotopic (exact) mass is 238 g/mol. The molecule has 2 rings (SSSR count). The Bertz CT molecular complexity index is 564. The zero-order chi connectivity index (χ0) is 12.8. The molecular formula is C14H10N2O2. The van der Waals surface area contributed by atoms with Crippen molar-refractivity contribution in [3.63, 3.8) is 0 Å². The summed E-state index contributed by atoms with van der Waals surface area (Å²) in [6.07, 6.45) is 8.86. The lowest BCUT2D eigenvalue weighted by atomic mass is 9.86. The number of benzene rings is 1. The van der Waals surface area contributed by atoms with Gasteiger partial charge < -0.3 is 9.47 Å². The van der Waals surface area contributed by atoms with Gasteiger partial charge in [-0.25, -0.2) is 0 Å². The Kier molecular flexibility index (Phi) is 3.31. The van der Waals surface area contributed by atoms with E-state index in [9.17, 15) is 0 Å². The third kappa shape index (κ3) is 2.18. The Balaban J connectivity index is 2.37. The van der Waals surface area contributed by atoms with Gasteiger partial charge in [-0.3, -0.25) is 0 Å². The summed E-state index contributed by atoms with van der Waals surface area (Å²) in [5, 5.41) is 17.4. The van der Waals surface area contributed by atoms with Gasteiger partial charge in [-0.2, -0.15) is 5.26 Å². The van der Waals surface area contributed by atoms with Gasteiger partial charge in [0.15, 0.2) is 5.60 Å². The lowest BCUT2D eigenvalue weighted by Gasteiger charge is -2.30. The average Bonchev–Trinajstić information content (AvgIpc) is 2.41. The molecule has 0 amide bonds. The average molecular weight is 238 g/mol. The molecule has 0 heterocycles. The minimum atomic E-state index is -0.892. The van der Waals surface area contributed by atoms with Crippen LogP contribution >= 0.6 is 0 Å². The van der Waals surface area contributed by atoms with Crippen molar-refractivity contribution in [1.82, 2.24) is 0 Å². The van der Waals surface area contributed by atoms with E-state index in [-0.39, 0.29) is 0 Å². The lowest BCUT2D eigenvalue weighted by Crippen LogP contribution is -2.28. The Labute approximate surface area is 105 Å². The smallest absolute Gasteiger partial charge is 0.291 e. The first-order valence-electron chi connectivity index (χ1n) is 5.38. The summed E-state index contributed by atoms with van der Waals surface area (Å²) in [6, 6.07) is 9.37. The van der Waals surface area contributed by atoms with Crippen LogP contribution in [-0.4, -0.2) is 0 Å². The fraction of sp³-hybridized carbons (Fsp3) is 0.143. The van der Waals surface area contributed by atoms with E-state index in [1.165, 1.54) is 0 Å². The minimum absolute atomic E-state index is 0.314. The largest absolute Gasteiger partial charge is 0.411 e. The number of rotatable bonds is 3. The SMILES string of the molecule is N#COC1=CC=CC(OC#N)(c2ccccc2)C1. The zero-order valence-electron chi connectivity index (χ0n) is 9.54. The number of allylic oxidation sites excluding steroid dienone is 2. The molecule has 0 aromatic heterocycles. The van der Waals surface area contributed by atoms with Crippen molar-refractivity contribution in [2.24, 2.45) is 0 Å². The summed E-state index contributed by atoms with van der Waals surface area (Å²) in [7, 11) is 0. The molecular weight excluding hydrogens is 228 g/mol. The van der Waals surface area contributed by atoms with Crippen molar-refractivity contribution in [3.05, 3.63) is 59.9 Å². The molecule has 0 aliphatic heterocycles. The van der Waals surface area contributed by atoms with E-state index in [2.05, 4.69) is 0 Å². The van der Waals surface area contributed by atoms with Gasteiger partial charge in [-0.1, -0.05) is 36.4 Å². The van der Waals surface area contributed by atoms with Crippen LogP contribution in [0.15, 0.2) is 54.3 Å². The summed E-state index contributed by atoms with van der Waals surface area (Å²) in [4.78, 5) is 0. The van der Waals surface area contributed by atoms with Gasteiger partial charge in [0, 0.05) is 5.56 Å². The van der Waals surface area contributed by atoms with E-state index in [4.69, 9.17) is 20.0 Å². The van der Waals surface area contributed by atoms with Crippen LogP contribution < -0.4 is 0 Å². The molecule has 0 spiro atoms. The van der Waals surface area contributed by atoms with Gasteiger partial charge in [0.25, 0.3) is 12.5 Å². The predicted molar refractivity (Wildman–Crippen MR) is 63.4 cm³/mol. The third-order valence-electron chi connectivity index (χ3n) is 2.75. The summed E-state index contributed by atoms with van der Waals surface area (Å²) in [6.45, 7) is 0. The normalized spacial score (nSPS) is 21.3. The fourth-order valence-corrected chi connectivity index (χ4v) is 1.95. The highest BCUT2D eigenvalue weighted by Gasteiger charge is 2.35. The van der Waals surface area contributed by atoms with Crippen LogP contribution in [0.4, 0.5) is 0 Å². The van der Waals surface area contributed by atoms with Crippen molar-refractivity contribution in [1.29, 1.82) is 10.5 Å². The standard InChI is InChI=1S/C14H10N2O2/c15-10-17-13-7-4-8-14(9-13,18-11-16)12-5-2-1-3-6-12/h1-8H,9H2. The van der Waals surface area contributed by atoms with Gasteiger partial charge in [0.2, 0.25) is 0 Å². The number of ether oxygens (including phenoxy) is 2. The van der Waals surface area contributed by atoms with E-state index >= 15 is 0 Å². The molecule has 0 bridgehead atoms. The van der Waals surface area contributed by atoms with Gasteiger partial charge in [0.05, 0.1) is 6.42 Å². The maximum Gasteiger partial charge on any atom is 0.291 e. The molecule has 18 heavy (non-hydrogen) atoms. The van der Waals surface area contributed by atoms with E-state index in [0.29, 0.717) is 12.2 Å². The first-order chi connectivity index (χ1) is 8.80. The lowest BCUT2D eigenvalue weighted by molar-refractivity contribution is 0.0670. The third-order valence-corrected chi connectivity index (χ3v) is 2.75. The fourth-order valence-electron chi connectivity index (χ4n) is 1.95. The Morgan fingerprint density at radius 3 is 2.56 bits per heavy atom. The molecule has 1 aliphatic carbocycles. The summed E-state index contributed by atoms with van der Waals surface area (Å²) < 4.78 is 10.1. The maximum absolute atomic E-state index is 8.83. The van der Waals surface area contributed by atoms with Crippen molar-refractivity contribution >= 4 is 0 Å². The Morgan fingerprint density at radius 2 is 1.89 bits per heavy atom. The molecule has 0 saturated carbocycles. The molecule has 4 heteroatoms. The van der Waals surface area contributed by atoms with Crippen molar-refractivity contribution in [2.75, 3.05) is 0 Å². The topological polar surface area (TPSA) is 66.0 Å². The van der Waals surface area contributed by atoms with E-state index in [1.807, 2.05) is 30.3 Å². The molecule has 1 unspecified atom stereocenters. The second-order valence-electron chi connectivity index (χ2n) is 3.81. The molecule has 0 N–H and O–H groups in total. The van der Waals surface area contributed by atoms with Gasteiger partial charge >= 0.3 is 0 Å². The first kappa shape index (κ1) is 11.8. The summed E-state index contributed by atoms with van der Waals surface area (Å²) in [5.41, 5.74) is -0.0494. The molecule has 0 fully saturated rings. The highest BCUT2D eigenvalue weighted by atomic mass is 16.5. The predicted octanol–water partition coefficient (Wildman–Crippen LogP) is 2.72. The molecule has 88 valence electrons. The molecule has 0 saturated heterocycles. The highest BCUT2D eigenvalue weighted by molar-refractivity contribution is 5.34. The van der Waals surface area contributed by atoms with Gasteiger partial charge in [-0.15, -0.1) is 5.26 Å². The molecule has 1 aromatic rings. The summed E-state index contributed by atoms with van der Waals surface area (Å²) >= 11 is 0. The van der Waals surface area contributed by atoms with E-state index in [1.54, 1.807) is 30.7 Å². The van der Waals surface area contributed by atoms with Crippen LogP contribution in [0, 0.1) is 23.0 Å². The molecule has 1 atom stereocenters. The Hall–Kier alpha value is -2.72. The quantitative estimate of drug-likeness (QED) is 0.759. The second-order valence-corrected chi connectivity index (χ2v) is 3.81. The van der Waals surface area contributed by atoms with Crippen molar-refractivity contribution < 1.29 is 9.47 Å². The van der Waals surface area contributed by atoms with Crippen LogP contribution in [-0.2, 0) is 15.1 Å². The Morgan fingerprint density at radius 1 is 1.11 bits per heavy atom. The van der Waals surface area contributed by atoms with E-state index in [0.717, 1.165) is 5.56 Å². The molecule has 1 aliphatic rings. The number of hydrogen-bond donors (Lipinski definition) is 0. The van der Waals surface area contributed by atoms with Crippen LogP contribution in [0.3, 0.4) is 0 Å². The minimum Gasteiger partial charge on any atom is -0.411 e. The molecule has 0 radical (unpaired) electrons. The first-order valence-corrected chi connectivity index (χ1v) is 5.38. The molecule has 4 nitrogen and oxygen atoms in total. The summed E-state index contributed by atoms with van der Waals surface area (Å²) in [5.74, 6) is 0.471. The highest BCUT2D eigenvalue weighted by Crippen LogP contribution is 2.36. The maximum atomic E-state index is 8.83. The van der Waals surface area contributed by atoms with Crippen molar-refractivity contribution in [3.8, 4) is 12.5 Å². The zero-order valence-corrected chi connectivity index (χ0v) is 9.54. The van der Waals surface area contributed by atoms with Gasteiger partial charge in [-0.05, 0) is 12.2 Å². The van der Waals surface area contributed by atoms with E-state index < -0.39 is 5.60 Å². The van der Waals surface area contributed by atoms with Gasteiger partial charge in [0.1, 0.15) is 5.76 Å². The van der Waals surface area contributed by atoms with Crippen LogP contribution in [0.25, 0.3) is 0 Å². The number of nitriles is 2. The van der Waals surface area contributed by atoms with Crippen molar-refractivity contribution in [2.45, 2.75) is 12.0 Å².